The van der Waals surface area contributed by atoms with E-state index in [-0.39, 0.29) is 0 Å². The van der Waals surface area contributed by atoms with Crippen molar-refractivity contribution in [1.82, 2.24) is 5.32 Å². The van der Waals surface area contributed by atoms with Crippen LogP contribution in [0.15, 0.2) is 0 Å². The van der Waals surface area contributed by atoms with Gasteiger partial charge < -0.3 is 14.8 Å². The Hall–Kier alpha value is -0.120. The Kier molecular flexibility index (Phi) is 6.22. The fourth-order valence-electron chi connectivity index (χ4n) is 2.23. The van der Waals surface area contributed by atoms with E-state index in [0.29, 0.717) is 5.41 Å². The highest BCUT2D eigenvalue weighted by Crippen LogP contribution is 2.33. The Morgan fingerprint density at radius 2 is 2.00 bits per heavy atom. The second kappa shape index (κ2) is 7.20. The molecule has 15 heavy (non-hydrogen) atoms. The number of ether oxygens (including phenoxy) is 2. The molecule has 0 aromatic carbocycles. The second-order valence-corrected chi connectivity index (χ2v) is 4.51. The number of hydrogen-bond donors (Lipinski definition) is 1. The van der Waals surface area contributed by atoms with Gasteiger partial charge in [-0.15, -0.1) is 0 Å². The summed E-state index contributed by atoms with van der Waals surface area (Å²) >= 11 is 0. The topological polar surface area (TPSA) is 30.5 Å². The molecule has 0 aliphatic carbocycles. The maximum absolute atomic E-state index is 5.59. The van der Waals surface area contributed by atoms with Crippen molar-refractivity contribution < 1.29 is 9.47 Å². The van der Waals surface area contributed by atoms with E-state index in [0.717, 1.165) is 45.8 Å². The molecule has 0 aromatic heterocycles. The molecule has 0 amide bonds. The molecule has 1 rings (SSSR count). The molecule has 1 saturated heterocycles. The molecule has 90 valence electrons. The number of hydrogen-bond acceptors (Lipinski definition) is 3. The van der Waals surface area contributed by atoms with E-state index >= 15 is 0 Å². The summed E-state index contributed by atoms with van der Waals surface area (Å²) in [5.74, 6) is 0. The van der Waals surface area contributed by atoms with Crippen molar-refractivity contribution in [2.75, 3.05) is 40.0 Å². The maximum atomic E-state index is 5.59. The largest absolute Gasteiger partial charge is 0.381 e. The Morgan fingerprint density at radius 1 is 1.27 bits per heavy atom. The van der Waals surface area contributed by atoms with E-state index in [1.54, 1.807) is 0 Å². The summed E-state index contributed by atoms with van der Waals surface area (Å²) in [7, 11) is 2.03. The van der Waals surface area contributed by atoms with Gasteiger partial charge >= 0.3 is 0 Å². The molecule has 3 heteroatoms. The van der Waals surface area contributed by atoms with E-state index < -0.39 is 0 Å². The van der Waals surface area contributed by atoms with Gasteiger partial charge in [0, 0.05) is 33.0 Å². The minimum atomic E-state index is 0.417. The Morgan fingerprint density at radius 3 is 2.60 bits per heavy atom. The van der Waals surface area contributed by atoms with Gasteiger partial charge in [0.2, 0.25) is 0 Å². The highest BCUT2D eigenvalue weighted by molar-refractivity contribution is 4.83. The van der Waals surface area contributed by atoms with Crippen LogP contribution in [0, 0.1) is 5.41 Å². The van der Waals surface area contributed by atoms with Gasteiger partial charge in [-0.05, 0) is 38.1 Å². The second-order valence-electron chi connectivity index (χ2n) is 4.51. The molecule has 0 aromatic rings. The van der Waals surface area contributed by atoms with Crippen LogP contribution in [-0.4, -0.2) is 40.0 Å². The van der Waals surface area contributed by atoms with Crippen LogP contribution in [0.3, 0.4) is 0 Å². The average molecular weight is 215 g/mol. The Labute approximate surface area is 93.5 Å². The normalized spacial score (nSPS) is 20.4. The smallest absolute Gasteiger partial charge is 0.0471 e. The van der Waals surface area contributed by atoms with Crippen LogP contribution < -0.4 is 5.32 Å². The summed E-state index contributed by atoms with van der Waals surface area (Å²) in [6.45, 7) is 6.86. The lowest BCUT2D eigenvalue weighted by Crippen LogP contribution is -2.39. The molecular formula is C12H25NO2. The van der Waals surface area contributed by atoms with Crippen molar-refractivity contribution in [2.45, 2.75) is 32.6 Å². The highest BCUT2D eigenvalue weighted by Gasteiger charge is 2.31. The Bertz CT molecular complexity index is 150. The van der Waals surface area contributed by atoms with Gasteiger partial charge in [-0.3, -0.25) is 0 Å². The fraction of sp³-hybridized carbons (Fsp3) is 1.00. The zero-order valence-electron chi connectivity index (χ0n) is 10.2. The van der Waals surface area contributed by atoms with Crippen molar-refractivity contribution in [3.8, 4) is 0 Å². The molecule has 0 bridgehead atoms. The third kappa shape index (κ3) is 4.49. The van der Waals surface area contributed by atoms with Crippen molar-refractivity contribution in [3.05, 3.63) is 0 Å². The molecule has 1 aliphatic heterocycles. The number of rotatable bonds is 7. The van der Waals surface area contributed by atoms with Crippen LogP contribution in [-0.2, 0) is 9.47 Å². The van der Waals surface area contributed by atoms with Crippen molar-refractivity contribution >= 4 is 0 Å². The van der Waals surface area contributed by atoms with Crippen LogP contribution >= 0.6 is 0 Å². The third-order valence-electron chi connectivity index (χ3n) is 3.23. The lowest BCUT2D eigenvalue weighted by atomic mass is 9.77. The maximum Gasteiger partial charge on any atom is 0.0471 e. The van der Waals surface area contributed by atoms with E-state index in [9.17, 15) is 0 Å². The molecule has 0 atom stereocenters. The van der Waals surface area contributed by atoms with Gasteiger partial charge in [0.1, 0.15) is 0 Å². The summed E-state index contributed by atoms with van der Waals surface area (Å²) < 4.78 is 11.0. The first-order valence-corrected chi connectivity index (χ1v) is 6.13. The molecule has 1 fully saturated rings. The summed E-state index contributed by atoms with van der Waals surface area (Å²) in [6, 6.07) is 0. The molecule has 1 N–H and O–H groups in total. The molecule has 0 saturated carbocycles. The Balaban J connectivity index is 2.28. The summed E-state index contributed by atoms with van der Waals surface area (Å²) in [6.07, 6.45) is 4.62. The van der Waals surface area contributed by atoms with Gasteiger partial charge in [0.15, 0.2) is 0 Å². The summed E-state index contributed by atoms with van der Waals surface area (Å²) in [5, 5.41) is 3.31. The van der Waals surface area contributed by atoms with Crippen molar-refractivity contribution in [2.24, 2.45) is 5.41 Å². The van der Waals surface area contributed by atoms with Gasteiger partial charge in [-0.1, -0.05) is 6.92 Å². The molecule has 1 heterocycles. The van der Waals surface area contributed by atoms with Gasteiger partial charge in [-0.2, -0.15) is 0 Å². The van der Waals surface area contributed by atoms with Crippen LogP contribution in [0.5, 0.6) is 0 Å². The molecule has 0 radical (unpaired) electrons. The minimum Gasteiger partial charge on any atom is -0.381 e. The van der Waals surface area contributed by atoms with Crippen LogP contribution in [0.25, 0.3) is 0 Å². The fourth-order valence-corrected chi connectivity index (χ4v) is 2.23. The van der Waals surface area contributed by atoms with Crippen LogP contribution in [0.4, 0.5) is 0 Å². The SMILES string of the molecule is CCCOCCC1(CNC)CCOCC1. The average Bonchev–Trinajstić information content (AvgIpc) is 2.26. The van der Waals surface area contributed by atoms with Crippen LogP contribution in [0.2, 0.25) is 0 Å². The van der Waals surface area contributed by atoms with Gasteiger partial charge in [0.05, 0.1) is 0 Å². The molecule has 0 spiro atoms. The first-order chi connectivity index (χ1) is 7.33. The highest BCUT2D eigenvalue weighted by atomic mass is 16.5. The standard InChI is InChI=1S/C12H25NO2/c1-3-7-14-8-4-12(11-13-2)5-9-15-10-6-12/h13H,3-11H2,1-2H3. The van der Waals surface area contributed by atoms with E-state index in [1.165, 1.54) is 12.8 Å². The first-order valence-electron chi connectivity index (χ1n) is 6.13. The van der Waals surface area contributed by atoms with Gasteiger partial charge in [0.25, 0.3) is 0 Å². The van der Waals surface area contributed by atoms with E-state index in [1.807, 2.05) is 7.05 Å². The predicted molar refractivity (Wildman–Crippen MR) is 62.1 cm³/mol. The summed E-state index contributed by atoms with van der Waals surface area (Å²) in [5.41, 5.74) is 0.417. The van der Waals surface area contributed by atoms with Crippen LogP contribution in [0.1, 0.15) is 32.6 Å². The van der Waals surface area contributed by atoms with E-state index in [2.05, 4.69) is 12.2 Å². The molecular weight excluding hydrogens is 190 g/mol. The van der Waals surface area contributed by atoms with Crippen molar-refractivity contribution in [1.29, 1.82) is 0 Å². The lowest BCUT2D eigenvalue weighted by molar-refractivity contribution is -0.00529. The monoisotopic (exact) mass is 215 g/mol. The number of nitrogens with one attached hydrogen (secondary N) is 1. The molecule has 0 unspecified atom stereocenters. The first kappa shape index (κ1) is 12.9. The lowest BCUT2D eigenvalue weighted by Gasteiger charge is -2.37. The summed E-state index contributed by atoms with van der Waals surface area (Å²) in [4.78, 5) is 0. The third-order valence-corrected chi connectivity index (χ3v) is 3.23. The predicted octanol–water partition coefficient (Wildman–Crippen LogP) is 1.82. The van der Waals surface area contributed by atoms with Gasteiger partial charge in [-0.25, -0.2) is 0 Å². The van der Waals surface area contributed by atoms with Crippen molar-refractivity contribution in [3.63, 3.8) is 0 Å². The zero-order chi connectivity index (χ0) is 11.0. The zero-order valence-corrected chi connectivity index (χ0v) is 10.2. The minimum absolute atomic E-state index is 0.417. The van der Waals surface area contributed by atoms with E-state index in [4.69, 9.17) is 9.47 Å². The quantitative estimate of drug-likeness (QED) is 0.657. The molecule has 3 nitrogen and oxygen atoms in total. The molecule has 1 aliphatic rings.